The van der Waals surface area contributed by atoms with Crippen LogP contribution in [0.5, 0.6) is 0 Å². The van der Waals surface area contributed by atoms with Crippen molar-refractivity contribution in [1.82, 2.24) is 0 Å². The molecule has 0 bridgehead atoms. The van der Waals surface area contributed by atoms with Crippen LogP contribution in [0.1, 0.15) is 47.5 Å². The van der Waals surface area contributed by atoms with Crippen molar-refractivity contribution in [2.24, 2.45) is 23.7 Å². The van der Waals surface area contributed by atoms with Crippen molar-refractivity contribution in [2.75, 3.05) is 0 Å². The summed E-state index contributed by atoms with van der Waals surface area (Å²) in [6.45, 7) is 14.1. The Kier molecular flexibility index (Phi) is 5.28. The number of rotatable bonds is 3. The van der Waals surface area contributed by atoms with E-state index in [1.54, 1.807) is 13.0 Å². The van der Waals surface area contributed by atoms with E-state index in [4.69, 9.17) is 4.74 Å². The lowest BCUT2D eigenvalue weighted by atomic mass is 9.65. The number of hydrogen-bond acceptors (Lipinski definition) is 3. The van der Waals surface area contributed by atoms with Gasteiger partial charge in [0.2, 0.25) is 0 Å². The molecule has 0 amide bonds. The molecule has 3 heteroatoms. The normalized spacial score (nSPS) is 33.3. The van der Waals surface area contributed by atoms with Gasteiger partial charge >= 0.3 is 5.97 Å². The summed E-state index contributed by atoms with van der Waals surface area (Å²) in [5, 5.41) is 0. The maximum Gasteiger partial charge on any atom is 0.333 e. The fourth-order valence-corrected chi connectivity index (χ4v) is 4.03. The lowest BCUT2D eigenvalue weighted by Crippen LogP contribution is -2.39. The van der Waals surface area contributed by atoms with Crippen LogP contribution in [0, 0.1) is 23.7 Å². The Hall–Kier alpha value is -1.64. The Morgan fingerprint density at radius 2 is 2.00 bits per heavy atom. The second kappa shape index (κ2) is 6.86. The number of esters is 1. The molecular weight excluding hydrogens is 288 g/mol. The molecule has 2 fully saturated rings. The monoisotopic (exact) mass is 316 g/mol. The van der Waals surface area contributed by atoms with E-state index in [0.29, 0.717) is 23.8 Å². The molecule has 0 saturated heterocycles. The van der Waals surface area contributed by atoms with Gasteiger partial charge in [0.05, 0.1) is 0 Å². The summed E-state index contributed by atoms with van der Waals surface area (Å²) in [6, 6.07) is 0. The molecule has 0 radical (unpaired) electrons. The standard InChI is InChI=1S/C20H28O3/c1-7-12(5)20(22)23-18-10-15(11(3)4)19-14(8-2)17(21)9-16(19)13(18)6/h7-8,11,15-16,18-19H,6,9-10H2,1-5H3/b12-7-,14-8+/t15-,16-,18+,19-/m0/s1. The highest BCUT2D eigenvalue weighted by atomic mass is 16.5. The van der Waals surface area contributed by atoms with Crippen LogP contribution in [0.2, 0.25) is 0 Å². The second-order valence-electron chi connectivity index (χ2n) is 7.09. The third kappa shape index (κ3) is 3.19. The van der Waals surface area contributed by atoms with E-state index in [2.05, 4.69) is 20.4 Å². The van der Waals surface area contributed by atoms with Gasteiger partial charge in [-0.05, 0) is 62.0 Å². The number of fused-ring (bicyclic) bond motifs is 1. The first-order chi connectivity index (χ1) is 10.8. The molecule has 2 rings (SSSR count). The third-order valence-electron chi connectivity index (χ3n) is 5.53. The van der Waals surface area contributed by atoms with Crippen LogP contribution in [0.3, 0.4) is 0 Å². The van der Waals surface area contributed by atoms with E-state index in [0.717, 1.165) is 17.6 Å². The van der Waals surface area contributed by atoms with Crippen LogP contribution < -0.4 is 0 Å². The first-order valence-electron chi connectivity index (χ1n) is 8.53. The van der Waals surface area contributed by atoms with Crippen molar-refractivity contribution in [2.45, 2.75) is 53.6 Å². The second-order valence-corrected chi connectivity index (χ2v) is 7.09. The summed E-state index contributed by atoms with van der Waals surface area (Å²) in [5.41, 5.74) is 2.47. The van der Waals surface area contributed by atoms with Crippen LogP contribution in [0.25, 0.3) is 0 Å². The molecule has 0 aliphatic heterocycles. The van der Waals surface area contributed by atoms with E-state index >= 15 is 0 Å². The van der Waals surface area contributed by atoms with Gasteiger partial charge in [0.1, 0.15) is 6.10 Å². The van der Waals surface area contributed by atoms with Crippen molar-refractivity contribution < 1.29 is 14.3 Å². The van der Waals surface area contributed by atoms with E-state index in [1.807, 2.05) is 19.9 Å². The quantitative estimate of drug-likeness (QED) is 0.444. The van der Waals surface area contributed by atoms with Gasteiger partial charge in [-0.2, -0.15) is 0 Å². The molecule has 2 saturated carbocycles. The number of ketones is 1. The van der Waals surface area contributed by atoms with Gasteiger partial charge < -0.3 is 4.74 Å². The lowest BCUT2D eigenvalue weighted by molar-refractivity contribution is -0.145. The van der Waals surface area contributed by atoms with Crippen LogP contribution in [-0.2, 0) is 14.3 Å². The first kappa shape index (κ1) is 17.7. The molecule has 3 nitrogen and oxygen atoms in total. The number of carbonyl (C=O) groups is 2. The molecular formula is C20H28O3. The predicted octanol–water partition coefficient (Wildman–Crippen LogP) is 4.25. The Morgan fingerprint density at radius 1 is 1.35 bits per heavy atom. The van der Waals surface area contributed by atoms with Gasteiger partial charge in [-0.25, -0.2) is 4.79 Å². The number of Topliss-reactive ketones (excluding diaryl/α,β-unsaturated/α-hetero) is 1. The van der Waals surface area contributed by atoms with Gasteiger partial charge in [0, 0.05) is 12.0 Å². The minimum Gasteiger partial charge on any atom is -0.454 e. The maximum absolute atomic E-state index is 12.3. The molecule has 0 unspecified atom stereocenters. The molecule has 23 heavy (non-hydrogen) atoms. The largest absolute Gasteiger partial charge is 0.454 e. The van der Waals surface area contributed by atoms with Crippen LogP contribution in [0.15, 0.2) is 35.5 Å². The molecule has 0 N–H and O–H groups in total. The topological polar surface area (TPSA) is 43.4 Å². The summed E-state index contributed by atoms with van der Waals surface area (Å²) in [7, 11) is 0. The number of ether oxygens (including phenoxy) is 1. The average Bonchev–Trinajstić information content (AvgIpc) is 2.85. The highest BCUT2D eigenvalue weighted by molar-refractivity contribution is 5.99. The average molecular weight is 316 g/mol. The Labute approximate surface area is 139 Å². The summed E-state index contributed by atoms with van der Waals surface area (Å²) in [6.07, 6.45) is 4.70. The minimum absolute atomic E-state index is 0.110. The van der Waals surface area contributed by atoms with E-state index in [-0.39, 0.29) is 29.7 Å². The molecule has 0 spiro atoms. The number of allylic oxidation sites excluding steroid dienone is 3. The Bertz CT molecular complexity index is 580. The van der Waals surface area contributed by atoms with Crippen molar-refractivity contribution >= 4 is 11.8 Å². The minimum atomic E-state index is -0.282. The zero-order valence-corrected chi connectivity index (χ0v) is 14.9. The van der Waals surface area contributed by atoms with Crippen LogP contribution >= 0.6 is 0 Å². The highest BCUT2D eigenvalue weighted by Crippen LogP contribution is 2.51. The zero-order chi connectivity index (χ0) is 17.3. The molecule has 2 aliphatic rings. The smallest absolute Gasteiger partial charge is 0.333 e. The van der Waals surface area contributed by atoms with Gasteiger partial charge in [0.15, 0.2) is 5.78 Å². The number of hydrogen-bond donors (Lipinski definition) is 0. The summed E-state index contributed by atoms with van der Waals surface area (Å²) < 4.78 is 5.71. The van der Waals surface area contributed by atoms with Gasteiger partial charge in [-0.1, -0.05) is 32.6 Å². The molecule has 4 atom stereocenters. The molecule has 2 aliphatic carbocycles. The molecule has 0 aromatic heterocycles. The molecule has 0 aromatic rings. The highest BCUT2D eigenvalue weighted by Gasteiger charge is 2.50. The fourth-order valence-electron chi connectivity index (χ4n) is 4.03. The van der Waals surface area contributed by atoms with E-state index < -0.39 is 0 Å². The van der Waals surface area contributed by atoms with E-state index in [9.17, 15) is 9.59 Å². The van der Waals surface area contributed by atoms with Crippen LogP contribution in [-0.4, -0.2) is 17.9 Å². The third-order valence-corrected chi connectivity index (χ3v) is 5.53. The Balaban J connectivity index is 2.29. The lowest BCUT2D eigenvalue weighted by Gasteiger charge is -2.42. The SMILES string of the molecule is C=C1[C@H](OC(=O)/C(C)=C\C)C[C@@H](C(C)C)[C@@H]2/C(=C/C)C(=O)C[C@@H]12. The summed E-state index contributed by atoms with van der Waals surface area (Å²) in [4.78, 5) is 24.5. The van der Waals surface area contributed by atoms with Crippen molar-refractivity contribution in [1.29, 1.82) is 0 Å². The van der Waals surface area contributed by atoms with Crippen LogP contribution in [0.4, 0.5) is 0 Å². The number of carbonyl (C=O) groups excluding carboxylic acids is 2. The zero-order valence-electron chi connectivity index (χ0n) is 14.9. The van der Waals surface area contributed by atoms with Crippen molar-refractivity contribution in [3.8, 4) is 0 Å². The first-order valence-corrected chi connectivity index (χ1v) is 8.53. The molecule has 0 heterocycles. The van der Waals surface area contributed by atoms with E-state index in [1.165, 1.54) is 0 Å². The molecule has 126 valence electrons. The summed E-state index contributed by atoms with van der Waals surface area (Å²) >= 11 is 0. The Morgan fingerprint density at radius 3 is 2.52 bits per heavy atom. The van der Waals surface area contributed by atoms with Crippen molar-refractivity contribution in [3.63, 3.8) is 0 Å². The summed E-state index contributed by atoms with van der Waals surface area (Å²) in [5.74, 6) is 1.06. The fraction of sp³-hybridized carbons (Fsp3) is 0.600. The van der Waals surface area contributed by atoms with Gasteiger partial charge in [-0.3, -0.25) is 4.79 Å². The predicted molar refractivity (Wildman–Crippen MR) is 91.8 cm³/mol. The molecule has 0 aromatic carbocycles. The van der Waals surface area contributed by atoms with Gasteiger partial charge in [0.25, 0.3) is 0 Å². The maximum atomic E-state index is 12.3. The van der Waals surface area contributed by atoms with Gasteiger partial charge in [-0.15, -0.1) is 0 Å². The van der Waals surface area contributed by atoms with Crippen molar-refractivity contribution in [3.05, 3.63) is 35.5 Å².